The normalized spacial score (nSPS) is 14.4. The molecule has 0 bridgehead atoms. The topological polar surface area (TPSA) is 66.4 Å². The fourth-order valence-electron chi connectivity index (χ4n) is 6.02. The largest absolute Gasteiger partial charge is 0.497 e. The highest BCUT2D eigenvalue weighted by molar-refractivity contribution is 6.77. The molecule has 0 aliphatic heterocycles. The van der Waals surface area contributed by atoms with E-state index in [1.807, 2.05) is 61.5 Å². The Morgan fingerprint density at radius 3 is 1.95 bits per heavy atom. The van der Waals surface area contributed by atoms with Gasteiger partial charge in [0.15, 0.2) is 8.32 Å². The summed E-state index contributed by atoms with van der Waals surface area (Å²) in [5, 5.41) is 10.3. The maximum Gasteiger partial charge on any atom is 0.200 e. The molecule has 0 amide bonds. The zero-order chi connectivity index (χ0) is 31.1. The number of aliphatic hydroxyl groups excluding tert-OH is 1. The first kappa shape index (κ1) is 36.2. The second kappa shape index (κ2) is 18.6. The van der Waals surface area contributed by atoms with Crippen LogP contribution in [0, 0.1) is 0 Å². The predicted molar refractivity (Wildman–Crippen MR) is 174 cm³/mol. The van der Waals surface area contributed by atoms with Crippen LogP contribution >= 0.6 is 0 Å². The van der Waals surface area contributed by atoms with Gasteiger partial charge in [-0.25, -0.2) is 0 Å². The summed E-state index contributed by atoms with van der Waals surface area (Å²) in [4.78, 5) is 0. The van der Waals surface area contributed by atoms with Crippen molar-refractivity contribution in [2.75, 3.05) is 26.9 Å². The lowest BCUT2D eigenvalue weighted by molar-refractivity contribution is -0.139. The molecule has 6 nitrogen and oxygen atoms in total. The molecule has 2 aromatic rings. The van der Waals surface area contributed by atoms with Gasteiger partial charge in [-0.1, -0.05) is 89.6 Å². The Morgan fingerprint density at radius 1 is 0.833 bits per heavy atom. The van der Waals surface area contributed by atoms with Crippen LogP contribution in [0.3, 0.4) is 0 Å². The van der Waals surface area contributed by atoms with Crippen LogP contribution < -0.4 is 4.74 Å². The third-order valence-corrected chi connectivity index (χ3v) is 14.2. The molecule has 236 valence electrons. The molecular formula is C35H56O6Si. The SMILES string of the molecule is C=C(C)C[C@H](OCc1ccc(OC)cc1)[C@@H](CCO[Si](C(C)C)(C(C)C)C(C)C)O[C@H](CO)COCc1ccccc1. The summed E-state index contributed by atoms with van der Waals surface area (Å²) in [6, 6.07) is 17.9. The van der Waals surface area contributed by atoms with Gasteiger partial charge in [0.2, 0.25) is 0 Å². The lowest BCUT2D eigenvalue weighted by Crippen LogP contribution is -2.48. The number of methoxy groups -OCH3 is 1. The van der Waals surface area contributed by atoms with Crippen LogP contribution in [0.2, 0.25) is 16.6 Å². The average Bonchev–Trinajstić information content (AvgIpc) is 2.96. The summed E-state index contributed by atoms with van der Waals surface area (Å²) in [6.45, 7) is 21.6. The number of hydrogen-bond donors (Lipinski definition) is 1. The van der Waals surface area contributed by atoms with Crippen molar-refractivity contribution in [3.05, 3.63) is 77.9 Å². The van der Waals surface area contributed by atoms with Crippen LogP contribution in [0.4, 0.5) is 0 Å². The Balaban J connectivity index is 2.22. The van der Waals surface area contributed by atoms with Crippen molar-refractivity contribution in [2.24, 2.45) is 0 Å². The quantitative estimate of drug-likeness (QED) is 0.115. The molecule has 0 unspecified atom stereocenters. The molecular weight excluding hydrogens is 544 g/mol. The van der Waals surface area contributed by atoms with E-state index in [2.05, 4.69) is 48.1 Å². The van der Waals surface area contributed by atoms with E-state index in [1.165, 1.54) is 0 Å². The standard InChI is InChI=1S/C35H56O6Si/c1-26(2)21-35(39-24-31-15-17-32(37-9)18-16-31)34(19-20-40-42(27(3)4,28(5)6)29(7)8)41-33(22-36)25-38-23-30-13-11-10-12-14-30/h10-18,27-29,33-36H,1,19-25H2,2-9H3/t33-,34-,35+/m1/s1. The van der Waals surface area contributed by atoms with Gasteiger partial charge >= 0.3 is 0 Å². The van der Waals surface area contributed by atoms with Gasteiger partial charge in [-0.2, -0.15) is 0 Å². The van der Waals surface area contributed by atoms with Gasteiger partial charge in [0.05, 0.1) is 45.7 Å². The molecule has 1 N–H and O–H groups in total. The van der Waals surface area contributed by atoms with Crippen molar-refractivity contribution in [3.63, 3.8) is 0 Å². The first-order valence-electron chi connectivity index (χ1n) is 15.4. The molecule has 2 rings (SSSR count). The second-order valence-electron chi connectivity index (χ2n) is 12.3. The summed E-state index contributed by atoms with van der Waals surface area (Å²) in [6.07, 6.45) is 0.236. The fraction of sp³-hybridized carbons (Fsp3) is 0.600. The molecule has 0 saturated heterocycles. The Hall–Kier alpha value is -2.00. The van der Waals surface area contributed by atoms with E-state index in [0.29, 0.717) is 49.3 Å². The maximum atomic E-state index is 10.3. The van der Waals surface area contributed by atoms with Gasteiger partial charge in [-0.3, -0.25) is 0 Å². The summed E-state index contributed by atoms with van der Waals surface area (Å²) in [7, 11) is -0.386. The third-order valence-electron chi connectivity index (χ3n) is 8.04. The first-order chi connectivity index (χ1) is 20.0. The Bertz CT molecular complexity index is 986. The average molecular weight is 601 g/mol. The first-order valence-corrected chi connectivity index (χ1v) is 17.6. The molecule has 0 heterocycles. The number of hydrogen-bond acceptors (Lipinski definition) is 6. The van der Waals surface area contributed by atoms with Crippen LogP contribution in [0.1, 0.15) is 72.4 Å². The van der Waals surface area contributed by atoms with Gasteiger partial charge in [0.1, 0.15) is 11.9 Å². The van der Waals surface area contributed by atoms with E-state index in [9.17, 15) is 5.11 Å². The molecule has 0 fully saturated rings. The molecule has 0 spiro atoms. The monoisotopic (exact) mass is 600 g/mol. The molecule has 0 aliphatic rings. The molecule has 0 radical (unpaired) electrons. The summed E-state index contributed by atoms with van der Waals surface area (Å²) >= 11 is 0. The summed E-state index contributed by atoms with van der Waals surface area (Å²) < 4.78 is 31.3. The van der Waals surface area contributed by atoms with Gasteiger partial charge in [0, 0.05) is 6.61 Å². The molecule has 2 aromatic carbocycles. The number of ether oxygens (including phenoxy) is 4. The minimum absolute atomic E-state index is 0.146. The van der Waals surface area contributed by atoms with Crippen molar-refractivity contribution in [1.82, 2.24) is 0 Å². The van der Waals surface area contributed by atoms with E-state index in [-0.39, 0.29) is 25.4 Å². The van der Waals surface area contributed by atoms with Crippen LogP contribution in [0.5, 0.6) is 5.75 Å². The van der Waals surface area contributed by atoms with E-state index in [1.54, 1.807) is 7.11 Å². The molecule has 7 heteroatoms. The number of aliphatic hydroxyl groups is 1. The minimum Gasteiger partial charge on any atom is -0.497 e. The number of benzene rings is 2. The highest BCUT2D eigenvalue weighted by Gasteiger charge is 2.45. The zero-order valence-electron chi connectivity index (χ0n) is 27.3. The second-order valence-corrected chi connectivity index (χ2v) is 17.8. The van der Waals surface area contributed by atoms with Crippen molar-refractivity contribution < 1.29 is 28.5 Å². The fourth-order valence-corrected chi connectivity index (χ4v) is 11.5. The lowest BCUT2D eigenvalue weighted by Gasteiger charge is -2.42. The lowest BCUT2D eigenvalue weighted by atomic mass is 10.0. The van der Waals surface area contributed by atoms with Gasteiger partial charge in [0.25, 0.3) is 0 Å². The van der Waals surface area contributed by atoms with Gasteiger partial charge in [-0.15, -0.1) is 6.58 Å². The molecule has 0 aliphatic carbocycles. The maximum absolute atomic E-state index is 10.3. The van der Waals surface area contributed by atoms with E-state index >= 15 is 0 Å². The van der Waals surface area contributed by atoms with E-state index in [4.69, 9.17) is 23.4 Å². The molecule has 42 heavy (non-hydrogen) atoms. The minimum atomic E-state index is -2.05. The Labute approximate surface area is 256 Å². The highest BCUT2D eigenvalue weighted by atomic mass is 28.4. The third kappa shape index (κ3) is 11.2. The smallest absolute Gasteiger partial charge is 0.200 e. The van der Waals surface area contributed by atoms with E-state index < -0.39 is 14.4 Å². The Morgan fingerprint density at radius 2 is 1.43 bits per heavy atom. The number of rotatable bonds is 21. The molecule has 3 atom stereocenters. The van der Waals surface area contributed by atoms with Crippen LogP contribution in [0.15, 0.2) is 66.7 Å². The Kier molecular flexibility index (Phi) is 16.0. The molecule has 0 aromatic heterocycles. The van der Waals surface area contributed by atoms with Crippen LogP contribution in [-0.4, -0.2) is 58.7 Å². The predicted octanol–water partition coefficient (Wildman–Crippen LogP) is 8.09. The summed E-state index contributed by atoms with van der Waals surface area (Å²) in [5.74, 6) is 0.810. The summed E-state index contributed by atoms with van der Waals surface area (Å²) in [5.41, 5.74) is 4.62. The highest BCUT2D eigenvalue weighted by Crippen LogP contribution is 2.42. The van der Waals surface area contributed by atoms with E-state index in [0.717, 1.165) is 22.4 Å². The van der Waals surface area contributed by atoms with Crippen LogP contribution in [-0.2, 0) is 31.9 Å². The van der Waals surface area contributed by atoms with Crippen molar-refractivity contribution in [3.8, 4) is 5.75 Å². The zero-order valence-corrected chi connectivity index (χ0v) is 28.3. The van der Waals surface area contributed by atoms with Gasteiger partial charge in [-0.05, 0) is 59.6 Å². The molecule has 0 saturated carbocycles. The van der Waals surface area contributed by atoms with Crippen LogP contribution in [0.25, 0.3) is 0 Å². The van der Waals surface area contributed by atoms with Crippen molar-refractivity contribution >= 4 is 8.32 Å². The van der Waals surface area contributed by atoms with Crippen molar-refractivity contribution in [2.45, 2.75) is 109 Å². The van der Waals surface area contributed by atoms with Crippen molar-refractivity contribution in [1.29, 1.82) is 0 Å². The van der Waals surface area contributed by atoms with Gasteiger partial charge < -0.3 is 28.5 Å².